The van der Waals surface area contributed by atoms with Gasteiger partial charge in [0.1, 0.15) is 12.6 Å². The summed E-state index contributed by atoms with van der Waals surface area (Å²) in [6.45, 7) is 2.32. The Balaban J connectivity index is 4.66. The number of aliphatic carboxylic acids is 1. The van der Waals surface area contributed by atoms with Gasteiger partial charge in [-0.3, -0.25) is 23.4 Å². The Morgan fingerprint density at radius 2 is 1.45 bits per heavy atom. The molecule has 1 unspecified atom stereocenters. The molecule has 11 nitrogen and oxygen atoms in total. The van der Waals surface area contributed by atoms with Gasteiger partial charge in [-0.2, -0.15) is 0 Å². The van der Waals surface area contributed by atoms with Gasteiger partial charge < -0.3 is 25.2 Å². The summed E-state index contributed by atoms with van der Waals surface area (Å²) in [5.41, 5.74) is 5.20. The number of carboxylic acids is 1. The van der Waals surface area contributed by atoms with Gasteiger partial charge in [-0.25, -0.2) is 4.57 Å². The molecule has 0 aromatic heterocycles. The van der Waals surface area contributed by atoms with E-state index in [1.807, 2.05) is 6.92 Å². The lowest BCUT2D eigenvalue weighted by molar-refractivity contribution is -0.161. The Morgan fingerprint density at radius 3 is 2.06 bits per heavy atom. The minimum Gasteiger partial charge on any atom is -0.480 e. The number of carbonyl (C=O) groups excluding carboxylic acids is 2. The lowest BCUT2D eigenvalue weighted by Crippen LogP contribution is -2.34. The first-order valence-corrected chi connectivity index (χ1v) is 12.1. The number of carbonyl (C=O) groups is 3. The summed E-state index contributed by atoms with van der Waals surface area (Å²) in [6.07, 6.45) is 5.36. The first-order chi connectivity index (χ1) is 14.6. The summed E-state index contributed by atoms with van der Waals surface area (Å²) >= 11 is 0. The molecule has 0 rings (SSSR count). The van der Waals surface area contributed by atoms with Crippen molar-refractivity contribution < 1.29 is 47.5 Å². The van der Waals surface area contributed by atoms with E-state index in [1.54, 1.807) is 0 Å². The maximum atomic E-state index is 12.1. The molecule has 0 saturated carbocycles. The lowest BCUT2D eigenvalue weighted by Gasteiger charge is -2.20. The molecule has 3 atom stereocenters. The Morgan fingerprint density at radius 1 is 0.871 bits per heavy atom. The topological polar surface area (TPSA) is 172 Å². The molecule has 0 spiro atoms. The fourth-order valence-electron chi connectivity index (χ4n) is 2.27. The second-order valence-electron chi connectivity index (χ2n) is 7.07. The van der Waals surface area contributed by atoms with Crippen LogP contribution in [0.5, 0.6) is 0 Å². The maximum Gasteiger partial charge on any atom is 0.472 e. The number of carboxylic acid groups (broad SMARTS) is 1. The SMILES string of the molecule is CCCCCCCC(=O)O[C@H](COC(=O)CCCC)COP(=O)(O)OC[C@H](N)C(=O)O. The number of rotatable bonds is 19. The Labute approximate surface area is 183 Å². The van der Waals surface area contributed by atoms with Crippen molar-refractivity contribution in [1.29, 1.82) is 0 Å². The van der Waals surface area contributed by atoms with Crippen molar-refractivity contribution in [2.45, 2.75) is 83.8 Å². The highest BCUT2D eigenvalue weighted by atomic mass is 31.2. The zero-order valence-electron chi connectivity index (χ0n) is 18.3. The van der Waals surface area contributed by atoms with Gasteiger partial charge in [0, 0.05) is 12.8 Å². The summed E-state index contributed by atoms with van der Waals surface area (Å²) in [4.78, 5) is 44.1. The van der Waals surface area contributed by atoms with Crippen LogP contribution in [-0.4, -0.2) is 59.9 Å². The van der Waals surface area contributed by atoms with Gasteiger partial charge in [0.15, 0.2) is 6.10 Å². The van der Waals surface area contributed by atoms with E-state index in [1.165, 1.54) is 0 Å². The van der Waals surface area contributed by atoms with E-state index in [4.69, 9.17) is 24.8 Å². The molecule has 4 N–H and O–H groups in total. The fraction of sp³-hybridized carbons (Fsp3) is 0.842. The number of phosphoric ester groups is 1. The van der Waals surface area contributed by atoms with E-state index in [9.17, 15) is 23.8 Å². The molecule has 0 aromatic carbocycles. The summed E-state index contributed by atoms with van der Waals surface area (Å²) in [6, 6.07) is -1.51. The molecular formula is C19H36NO10P. The fourth-order valence-corrected chi connectivity index (χ4v) is 3.05. The Kier molecular flexibility index (Phi) is 16.2. The molecule has 31 heavy (non-hydrogen) atoms. The number of hydrogen-bond acceptors (Lipinski definition) is 9. The van der Waals surface area contributed by atoms with Crippen LogP contribution in [0.25, 0.3) is 0 Å². The van der Waals surface area contributed by atoms with Gasteiger partial charge in [0.2, 0.25) is 0 Å². The van der Waals surface area contributed by atoms with Crippen molar-refractivity contribution in [2.24, 2.45) is 5.73 Å². The van der Waals surface area contributed by atoms with E-state index in [0.29, 0.717) is 12.8 Å². The zero-order chi connectivity index (χ0) is 23.7. The molecule has 0 aliphatic rings. The van der Waals surface area contributed by atoms with E-state index < -0.39 is 51.1 Å². The van der Waals surface area contributed by atoms with Crippen LogP contribution >= 0.6 is 7.82 Å². The third-order valence-electron chi connectivity index (χ3n) is 4.11. The van der Waals surface area contributed by atoms with Crippen LogP contribution in [0.15, 0.2) is 0 Å². The second kappa shape index (κ2) is 17.1. The minimum absolute atomic E-state index is 0.157. The normalized spacial score (nSPS) is 15.0. The molecule has 0 aliphatic carbocycles. The highest BCUT2D eigenvalue weighted by Crippen LogP contribution is 2.43. The van der Waals surface area contributed by atoms with Gasteiger partial charge in [-0.15, -0.1) is 0 Å². The van der Waals surface area contributed by atoms with Gasteiger partial charge in [0.05, 0.1) is 13.2 Å². The predicted molar refractivity (Wildman–Crippen MR) is 111 cm³/mol. The van der Waals surface area contributed by atoms with Crippen LogP contribution in [0.2, 0.25) is 0 Å². The van der Waals surface area contributed by atoms with Crippen LogP contribution in [0.3, 0.4) is 0 Å². The average molecular weight is 469 g/mol. The largest absolute Gasteiger partial charge is 0.480 e. The van der Waals surface area contributed by atoms with Crippen molar-refractivity contribution in [2.75, 3.05) is 19.8 Å². The molecule has 0 radical (unpaired) electrons. The molecule has 12 heteroatoms. The van der Waals surface area contributed by atoms with Crippen LogP contribution < -0.4 is 5.73 Å². The van der Waals surface area contributed by atoms with Crippen molar-refractivity contribution >= 4 is 25.7 Å². The highest BCUT2D eigenvalue weighted by Gasteiger charge is 2.28. The quantitative estimate of drug-likeness (QED) is 0.144. The maximum absolute atomic E-state index is 12.1. The van der Waals surface area contributed by atoms with E-state index in [2.05, 4.69) is 11.4 Å². The van der Waals surface area contributed by atoms with Crippen molar-refractivity contribution in [3.05, 3.63) is 0 Å². The monoisotopic (exact) mass is 469 g/mol. The van der Waals surface area contributed by atoms with Crippen LogP contribution in [0, 0.1) is 0 Å². The summed E-state index contributed by atoms with van der Waals surface area (Å²) in [5, 5.41) is 8.68. The molecule has 182 valence electrons. The molecule has 0 heterocycles. The molecular weight excluding hydrogens is 433 g/mol. The predicted octanol–water partition coefficient (Wildman–Crippen LogP) is 2.54. The smallest absolute Gasteiger partial charge is 0.472 e. The third-order valence-corrected chi connectivity index (χ3v) is 5.06. The zero-order valence-corrected chi connectivity index (χ0v) is 19.2. The lowest BCUT2D eigenvalue weighted by atomic mass is 10.1. The van der Waals surface area contributed by atoms with E-state index in [-0.39, 0.29) is 19.4 Å². The Bertz CT molecular complexity index is 586. The van der Waals surface area contributed by atoms with Crippen LogP contribution in [0.1, 0.15) is 71.6 Å². The number of unbranched alkanes of at least 4 members (excludes halogenated alkanes) is 5. The van der Waals surface area contributed by atoms with Gasteiger partial charge >= 0.3 is 25.7 Å². The molecule has 0 fully saturated rings. The highest BCUT2D eigenvalue weighted by molar-refractivity contribution is 7.47. The van der Waals surface area contributed by atoms with Crippen LogP contribution in [0.4, 0.5) is 0 Å². The Hall–Kier alpha value is -1.52. The summed E-state index contributed by atoms with van der Waals surface area (Å²) < 4.78 is 31.5. The molecule has 0 aromatic rings. The first-order valence-electron chi connectivity index (χ1n) is 10.6. The number of nitrogens with two attached hydrogens (primary N) is 1. The van der Waals surface area contributed by atoms with Gasteiger partial charge in [-0.05, 0) is 12.8 Å². The standard InChI is InChI=1S/C19H36NO10P/c1-3-5-7-8-9-11-18(22)30-15(12-27-17(21)10-6-4-2)13-28-31(25,26)29-14-16(20)19(23)24/h15-16H,3-14,20H2,1-2H3,(H,23,24)(H,25,26)/t15-,16+/m1/s1. The molecule has 0 aliphatic heterocycles. The van der Waals surface area contributed by atoms with Gasteiger partial charge in [0.25, 0.3) is 0 Å². The first kappa shape index (κ1) is 29.5. The van der Waals surface area contributed by atoms with Crippen molar-refractivity contribution in [3.63, 3.8) is 0 Å². The van der Waals surface area contributed by atoms with Crippen LogP contribution in [-0.2, 0) is 37.5 Å². The summed E-state index contributed by atoms with van der Waals surface area (Å²) in [5.74, 6) is -2.45. The summed E-state index contributed by atoms with van der Waals surface area (Å²) in [7, 11) is -4.66. The number of phosphoric acid groups is 1. The van der Waals surface area contributed by atoms with Crippen molar-refractivity contribution in [1.82, 2.24) is 0 Å². The molecule has 0 amide bonds. The second-order valence-corrected chi connectivity index (χ2v) is 8.52. The van der Waals surface area contributed by atoms with Gasteiger partial charge in [-0.1, -0.05) is 46.0 Å². The number of esters is 2. The van der Waals surface area contributed by atoms with E-state index >= 15 is 0 Å². The van der Waals surface area contributed by atoms with Crippen molar-refractivity contribution in [3.8, 4) is 0 Å². The molecule has 0 bridgehead atoms. The third kappa shape index (κ3) is 16.8. The number of ether oxygens (including phenoxy) is 2. The molecule has 0 saturated heterocycles. The van der Waals surface area contributed by atoms with E-state index in [0.717, 1.165) is 32.1 Å². The number of hydrogen-bond donors (Lipinski definition) is 3. The average Bonchev–Trinajstić information content (AvgIpc) is 2.72. The minimum atomic E-state index is -4.66.